The summed E-state index contributed by atoms with van der Waals surface area (Å²) in [6.07, 6.45) is -5.81. The maximum absolute atomic E-state index is 10.3. The molecule has 1 atom stereocenters. The van der Waals surface area contributed by atoms with Crippen molar-refractivity contribution < 1.29 is 180 Å². The van der Waals surface area contributed by atoms with Crippen LogP contribution in [0.1, 0.15) is 39.7 Å². The third-order valence-corrected chi connectivity index (χ3v) is 2.93. The summed E-state index contributed by atoms with van der Waals surface area (Å²) in [7, 11) is 0. The fourth-order valence-electron chi connectivity index (χ4n) is 1.43. The van der Waals surface area contributed by atoms with E-state index in [4.69, 9.17) is 51.1 Å². The SMILES string of the molecule is CC(O)C(=O)O.O=C(O)CC(O)(CC(=O)O)C(=O)O.O=C(O)CC(O)(CC(=O)O)C(=O)O.[Ca+2].[H-].[H-].[H-].[H-].[H-].[Na+].[Na+].[Na+]. The first-order valence-corrected chi connectivity index (χ1v) is 7.89. The molecule has 0 aromatic heterocycles. The molecular weight excluding hydrogens is 561 g/mol. The van der Waals surface area contributed by atoms with Gasteiger partial charge in [0.25, 0.3) is 0 Å². The number of aliphatic hydroxyl groups is 3. The first-order valence-electron chi connectivity index (χ1n) is 7.89. The predicted octanol–water partition coefficient (Wildman–Crippen LogP) is -11.9. The number of hydrogen-bond acceptors (Lipinski definition) is 10. The maximum Gasteiger partial charge on any atom is 2.00 e. The smallest absolute Gasteiger partial charge is 1.00 e. The van der Waals surface area contributed by atoms with Crippen LogP contribution in [0.3, 0.4) is 0 Å². The molecule has 0 aromatic carbocycles. The van der Waals surface area contributed by atoms with Gasteiger partial charge in [-0.1, -0.05) is 0 Å². The van der Waals surface area contributed by atoms with Gasteiger partial charge >= 0.3 is 168 Å². The molecule has 0 rings (SSSR count). The molecule has 17 nitrogen and oxygen atoms in total. The minimum absolute atomic E-state index is 0. The second-order valence-corrected chi connectivity index (χ2v) is 5.97. The van der Waals surface area contributed by atoms with Crippen molar-refractivity contribution in [3.63, 3.8) is 0 Å². The molecule has 21 heteroatoms. The zero-order chi connectivity index (χ0) is 26.4. The van der Waals surface area contributed by atoms with Gasteiger partial charge in [0, 0.05) is 0 Å². The van der Waals surface area contributed by atoms with Crippen molar-refractivity contribution in [2.24, 2.45) is 0 Å². The molecule has 0 radical (unpaired) electrons. The first kappa shape index (κ1) is 52.8. The Morgan fingerprint density at radius 1 is 0.583 bits per heavy atom. The first-order chi connectivity index (χ1) is 14.2. The van der Waals surface area contributed by atoms with Crippen LogP contribution in [-0.4, -0.2) is 148 Å². The summed E-state index contributed by atoms with van der Waals surface area (Å²) in [5, 5.41) is 83.4. The van der Waals surface area contributed by atoms with Crippen molar-refractivity contribution in [3.8, 4) is 0 Å². The summed E-state index contributed by atoms with van der Waals surface area (Å²) in [4.78, 5) is 70.4. The van der Waals surface area contributed by atoms with Gasteiger partial charge in [-0.3, -0.25) is 19.2 Å². The van der Waals surface area contributed by atoms with Crippen molar-refractivity contribution in [1.82, 2.24) is 0 Å². The average molecular weight is 588 g/mol. The van der Waals surface area contributed by atoms with Crippen LogP contribution in [-0.2, 0) is 33.6 Å². The number of carboxylic acid groups (broad SMARTS) is 7. The van der Waals surface area contributed by atoms with Crippen LogP contribution < -0.4 is 88.7 Å². The van der Waals surface area contributed by atoms with Gasteiger partial charge in [-0.2, -0.15) is 0 Å². The van der Waals surface area contributed by atoms with Gasteiger partial charge in [0.05, 0.1) is 25.7 Å². The van der Waals surface area contributed by atoms with Gasteiger partial charge in [0.2, 0.25) is 0 Å². The summed E-state index contributed by atoms with van der Waals surface area (Å²) >= 11 is 0. The van der Waals surface area contributed by atoms with Crippen LogP contribution in [0.4, 0.5) is 0 Å². The second kappa shape index (κ2) is 25.7. The standard InChI is InChI=1S/2C6H8O7.C3H6O3.Ca.3Na.5H/c2*7-3(8)1-6(13,5(11)12)2-4(9)10;1-2(4)3(5)6;;;;;;;;;/h2*13H,1-2H2,(H,7,8)(H,9,10)(H,11,12);2,4H,1H3,(H,5,6);;;;;;;;;/q;;;+2;3*+1;5*-1. The van der Waals surface area contributed by atoms with E-state index in [2.05, 4.69) is 0 Å². The second-order valence-electron chi connectivity index (χ2n) is 5.97. The van der Waals surface area contributed by atoms with Crippen molar-refractivity contribution in [2.75, 3.05) is 0 Å². The van der Waals surface area contributed by atoms with E-state index in [0.717, 1.165) is 0 Å². The molecule has 194 valence electrons. The molecule has 0 heterocycles. The minimum Gasteiger partial charge on any atom is -1.00 e. The predicted molar refractivity (Wildman–Crippen MR) is 105 cm³/mol. The summed E-state index contributed by atoms with van der Waals surface area (Å²) in [5.41, 5.74) is -5.48. The largest absolute Gasteiger partial charge is 2.00 e. The number of aliphatic carboxylic acids is 7. The fraction of sp³-hybridized carbons (Fsp3) is 0.533. The van der Waals surface area contributed by atoms with Gasteiger partial charge in [-0.15, -0.1) is 0 Å². The van der Waals surface area contributed by atoms with E-state index in [1.54, 1.807) is 0 Å². The van der Waals surface area contributed by atoms with E-state index in [0.29, 0.717) is 0 Å². The number of rotatable bonds is 11. The molecule has 0 saturated heterocycles. The van der Waals surface area contributed by atoms with E-state index < -0.39 is 84.8 Å². The quantitative estimate of drug-likeness (QED) is 0.100. The van der Waals surface area contributed by atoms with Gasteiger partial charge in [0.1, 0.15) is 6.10 Å². The molecule has 10 N–H and O–H groups in total. The molecule has 0 aliphatic rings. The van der Waals surface area contributed by atoms with Crippen molar-refractivity contribution in [1.29, 1.82) is 0 Å². The molecule has 0 saturated carbocycles. The van der Waals surface area contributed by atoms with Gasteiger partial charge < -0.3 is 58.2 Å². The van der Waals surface area contributed by atoms with Crippen LogP contribution in [0.15, 0.2) is 0 Å². The molecule has 1 unspecified atom stereocenters. The van der Waals surface area contributed by atoms with Crippen molar-refractivity contribution in [3.05, 3.63) is 0 Å². The Bertz CT molecular complexity index is 681. The Kier molecular flexibility index (Phi) is 37.7. The molecule has 0 aromatic rings. The van der Waals surface area contributed by atoms with E-state index in [-0.39, 0.29) is 134 Å². The Hall–Kier alpha value is 0.430. The van der Waals surface area contributed by atoms with Crippen LogP contribution in [0.2, 0.25) is 0 Å². The van der Waals surface area contributed by atoms with Crippen LogP contribution in [0.5, 0.6) is 0 Å². The number of aliphatic hydroxyl groups excluding tert-OH is 1. The number of carbonyl (C=O) groups is 7. The zero-order valence-corrected chi connectivity index (χ0v) is 28.2. The average Bonchev–Trinajstić information content (AvgIpc) is 2.52. The Morgan fingerprint density at radius 3 is 0.778 bits per heavy atom. The molecular formula is C15H27CaNa3O17. The van der Waals surface area contributed by atoms with Crippen LogP contribution in [0, 0.1) is 0 Å². The summed E-state index contributed by atoms with van der Waals surface area (Å²) < 4.78 is 0. The van der Waals surface area contributed by atoms with Gasteiger partial charge in [-0.05, 0) is 6.92 Å². The monoisotopic (exact) mass is 588 g/mol. The zero-order valence-electron chi connectivity index (χ0n) is 24.9. The number of hydrogen-bond donors (Lipinski definition) is 10. The van der Waals surface area contributed by atoms with Gasteiger partial charge in [0.15, 0.2) is 11.2 Å². The summed E-state index contributed by atoms with van der Waals surface area (Å²) in [6, 6.07) is 0. The normalized spacial score (nSPS) is 10.1. The summed E-state index contributed by atoms with van der Waals surface area (Å²) in [6.45, 7) is 1.20. The molecule has 0 aliphatic heterocycles. The van der Waals surface area contributed by atoms with E-state index in [1.807, 2.05) is 0 Å². The molecule has 36 heavy (non-hydrogen) atoms. The maximum atomic E-state index is 10.3. The fourth-order valence-corrected chi connectivity index (χ4v) is 1.43. The van der Waals surface area contributed by atoms with Crippen molar-refractivity contribution in [2.45, 2.75) is 49.9 Å². The summed E-state index contributed by atoms with van der Waals surface area (Å²) in [5.74, 6) is -11.2. The molecule has 0 aliphatic carbocycles. The Labute approximate surface area is 306 Å². The molecule has 0 bridgehead atoms. The molecule has 0 fully saturated rings. The Morgan fingerprint density at radius 2 is 0.722 bits per heavy atom. The van der Waals surface area contributed by atoms with Crippen molar-refractivity contribution >= 4 is 79.5 Å². The van der Waals surface area contributed by atoms with Crippen LogP contribution in [0.25, 0.3) is 0 Å². The van der Waals surface area contributed by atoms with Gasteiger partial charge in [-0.25, -0.2) is 14.4 Å². The van der Waals surface area contributed by atoms with E-state index in [1.165, 1.54) is 6.92 Å². The molecule has 0 amide bonds. The minimum atomic E-state index is -2.74. The Balaban J connectivity index is -0.0000000290. The van der Waals surface area contributed by atoms with E-state index in [9.17, 15) is 33.6 Å². The third kappa shape index (κ3) is 29.0. The number of carboxylic acids is 7. The van der Waals surface area contributed by atoms with Crippen LogP contribution >= 0.6 is 0 Å². The molecule has 0 spiro atoms. The third-order valence-electron chi connectivity index (χ3n) is 2.93. The van der Waals surface area contributed by atoms with E-state index >= 15 is 0 Å². The topological polar surface area (TPSA) is 322 Å².